The summed E-state index contributed by atoms with van der Waals surface area (Å²) in [6, 6.07) is 3.88. The second-order valence-electron chi connectivity index (χ2n) is 11.7. The van der Waals surface area contributed by atoms with Gasteiger partial charge in [-0.25, -0.2) is 12.8 Å². The van der Waals surface area contributed by atoms with Crippen LogP contribution in [0.2, 0.25) is 0 Å². The number of fused-ring (bicyclic) bond motifs is 1. The van der Waals surface area contributed by atoms with Gasteiger partial charge in [0.15, 0.2) is 0 Å². The summed E-state index contributed by atoms with van der Waals surface area (Å²) in [4.78, 5) is 4.08. The van der Waals surface area contributed by atoms with Crippen molar-refractivity contribution < 1.29 is 36.2 Å². The van der Waals surface area contributed by atoms with Gasteiger partial charge in [0, 0.05) is 86.2 Å². The van der Waals surface area contributed by atoms with Gasteiger partial charge >= 0.3 is 6.18 Å². The summed E-state index contributed by atoms with van der Waals surface area (Å²) < 4.78 is 83.3. The van der Waals surface area contributed by atoms with E-state index in [1.807, 2.05) is 4.90 Å². The van der Waals surface area contributed by atoms with Crippen molar-refractivity contribution in [3.63, 3.8) is 0 Å². The number of nitrogens with zero attached hydrogens (tertiary/aromatic N) is 5. The molecule has 43 heavy (non-hydrogen) atoms. The molecule has 4 heterocycles. The van der Waals surface area contributed by atoms with Crippen LogP contribution in [-0.2, 0) is 35.7 Å². The van der Waals surface area contributed by atoms with Crippen LogP contribution in [0.4, 0.5) is 17.6 Å². The van der Waals surface area contributed by atoms with Crippen molar-refractivity contribution in [1.82, 2.24) is 23.9 Å². The number of sulfonamides is 1. The van der Waals surface area contributed by atoms with Gasteiger partial charge in [0.2, 0.25) is 10.0 Å². The van der Waals surface area contributed by atoms with E-state index < -0.39 is 40.1 Å². The first-order valence-electron chi connectivity index (χ1n) is 14.6. The lowest BCUT2D eigenvalue weighted by atomic mass is 10.0. The molecule has 0 aliphatic carbocycles. The van der Waals surface area contributed by atoms with Crippen molar-refractivity contribution in [3.8, 4) is 11.3 Å². The van der Waals surface area contributed by atoms with Gasteiger partial charge in [-0.05, 0) is 31.4 Å². The second kappa shape index (κ2) is 13.3. The molecule has 2 aromatic rings. The Labute approximate surface area is 253 Å². The lowest BCUT2D eigenvalue weighted by Crippen LogP contribution is -2.37. The highest BCUT2D eigenvalue weighted by atomic mass is 32.2. The van der Waals surface area contributed by atoms with Crippen LogP contribution in [0.1, 0.15) is 36.1 Å². The molecular formula is C28H39F4N5O4S2. The van der Waals surface area contributed by atoms with Crippen LogP contribution in [0.25, 0.3) is 11.3 Å². The molecular weight excluding hydrogens is 610 g/mol. The average Bonchev–Trinajstić information content (AvgIpc) is 3.51. The molecule has 5 rings (SSSR count). The second-order valence-corrected chi connectivity index (χ2v) is 14.9. The molecule has 1 aromatic heterocycles. The fourth-order valence-corrected chi connectivity index (χ4v) is 8.00. The molecule has 240 valence electrons. The molecule has 2 N–H and O–H groups in total. The van der Waals surface area contributed by atoms with Gasteiger partial charge in [0.1, 0.15) is 6.17 Å². The maximum Gasteiger partial charge on any atom is 0.417 e. The van der Waals surface area contributed by atoms with Gasteiger partial charge < -0.3 is 15.1 Å². The van der Waals surface area contributed by atoms with Gasteiger partial charge in [0.05, 0.1) is 36.3 Å². The molecule has 0 amide bonds. The van der Waals surface area contributed by atoms with Crippen LogP contribution in [0, 0.1) is 0 Å². The number of thioether (sulfide) groups is 1. The van der Waals surface area contributed by atoms with E-state index in [2.05, 4.69) is 4.90 Å². The first-order valence-corrected chi connectivity index (χ1v) is 17.4. The average molecular weight is 650 g/mol. The summed E-state index contributed by atoms with van der Waals surface area (Å²) in [5.41, 5.74) is 1.45. The number of aliphatic hydroxyl groups is 2. The number of aliphatic hydroxyl groups excluding tert-OH is 2. The van der Waals surface area contributed by atoms with Crippen LogP contribution in [-0.4, -0.2) is 119 Å². The van der Waals surface area contributed by atoms with Crippen molar-refractivity contribution in [1.29, 1.82) is 0 Å². The van der Waals surface area contributed by atoms with Gasteiger partial charge in [-0.15, -0.1) is 11.8 Å². The third-order valence-electron chi connectivity index (χ3n) is 8.41. The van der Waals surface area contributed by atoms with E-state index >= 15 is 0 Å². The van der Waals surface area contributed by atoms with Crippen LogP contribution in [0.15, 0.2) is 23.1 Å². The molecule has 2 saturated heterocycles. The Morgan fingerprint density at radius 2 is 1.81 bits per heavy atom. The summed E-state index contributed by atoms with van der Waals surface area (Å²) in [5, 5.41) is 25.4. The Bertz CT molecular complexity index is 1380. The summed E-state index contributed by atoms with van der Waals surface area (Å²) in [7, 11) is -3.53. The number of hydrogen-bond acceptors (Lipinski definition) is 8. The van der Waals surface area contributed by atoms with Crippen molar-refractivity contribution in [2.45, 2.75) is 68.2 Å². The number of hydrogen-bond donors (Lipinski definition) is 2. The summed E-state index contributed by atoms with van der Waals surface area (Å²) in [6.45, 7) is 3.58. The highest BCUT2D eigenvalue weighted by Gasteiger charge is 2.35. The van der Waals surface area contributed by atoms with Crippen molar-refractivity contribution in [2.24, 2.45) is 0 Å². The minimum atomic E-state index is -4.56. The molecule has 0 spiro atoms. The van der Waals surface area contributed by atoms with E-state index in [1.165, 1.54) is 16.4 Å². The molecule has 0 saturated carbocycles. The monoisotopic (exact) mass is 649 g/mol. The Morgan fingerprint density at radius 1 is 1.09 bits per heavy atom. The van der Waals surface area contributed by atoms with E-state index in [0.29, 0.717) is 87.5 Å². The quantitative estimate of drug-likeness (QED) is 0.300. The summed E-state index contributed by atoms with van der Waals surface area (Å²) in [5.74, 6) is 0.398. The number of β-amino-alcohol motifs (C(OH)–C–C–N with tert-alkyl or cyclic N) is 2. The number of piperidine rings is 1. The zero-order chi connectivity index (χ0) is 30.9. The lowest BCUT2D eigenvalue weighted by molar-refractivity contribution is -0.139. The van der Waals surface area contributed by atoms with Crippen molar-refractivity contribution in [3.05, 3.63) is 35.0 Å². The largest absolute Gasteiger partial charge is 0.417 e. The van der Waals surface area contributed by atoms with Crippen molar-refractivity contribution in [2.75, 3.05) is 57.8 Å². The molecule has 1 unspecified atom stereocenters. The van der Waals surface area contributed by atoms with Gasteiger partial charge in [-0.3, -0.25) is 9.58 Å². The zero-order valence-corrected chi connectivity index (χ0v) is 25.8. The molecule has 2 atom stereocenters. The molecule has 9 nitrogen and oxygen atoms in total. The van der Waals surface area contributed by atoms with Gasteiger partial charge in [-0.1, -0.05) is 6.07 Å². The Kier molecular flexibility index (Phi) is 10.1. The first-order chi connectivity index (χ1) is 20.3. The molecule has 0 bridgehead atoms. The Balaban J connectivity index is 1.42. The number of rotatable bonds is 10. The van der Waals surface area contributed by atoms with E-state index in [4.69, 9.17) is 5.10 Å². The summed E-state index contributed by atoms with van der Waals surface area (Å²) in [6.07, 6.45) is -3.64. The third-order valence-corrected chi connectivity index (χ3v) is 10.7. The Hall–Kier alpha value is -1.75. The minimum absolute atomic E-state index is 0.0337. The lowest BCUT2D eigenvalue weighted by Gasteiger charge is -2.28. The number of likely N-dealkylation sites (tertiary alicyclic amines) is 2. The molecule has 1 aromatic carbocycles. The topological polar surface area (TPSA) is 102 Å². The smallest absolute Gasteiger partial charge is 0.392 e. The van der Waals surface area contributed by atoms with Crippen molar-refractivity contribution >= 4 is 21.8 Å². The fraction of sp³-hybridized carbons (Fsp3) is 0.679. The maximum atomic E-state index is 14.0. The van der Waals surface area contributed by atoms with E-state index in [9.17, 15) is 36.2 Å². The molecule has 3 aliphatic heterocycles. The first kappa shape index (κ1) is 32.6. The number of aromatic nitrogens is 2. The molecule has 2 fully saturated rings. The molecule has 15 heteroatoms. The van der Waals surface area contributed by atoms with Gasteiger partial charge in [-0.2, -0.15) is 22.6 Å². The van der Waals surface area contributed by atoms with Crippen LogP contribution < -0.4 is 0 Å². The summed E-state index contributed by atoms with van der Waals surface area (Å²) >= 11 is 1.09. The van der Waals surface area contributed by atoms with Crippen LogP contribution >= 0.6 is 11.8 Å². The van der Waals surface area contributed by atoms with E-state index in [-0.39, 0.29) is 24.5 Å². The number of halogens is 4. The molecule has 0 radical (unpaired) electrons. The SMILES string of the molecule is CS(=O)(=O)N1CCc2c(c(-c3ccc(C(F)(F)F)c(SCCN4CCC(F)CC4)c3)nn2CC(O)CN2CC[C@H](O)C2)C1. The maximum absolute atomic E-state index is 14.0. The predicted molar refractivity (Wildman–Crippen MR) is 156 cm³/mol. The molecule has 3 aliphatic rings. The van der Waals surface area contributed by atoms with E-state index in [0.717, 1.165) is 29.8 Å². The highest BCUT2D eigenvalue weighted by molar-refractivity contribution is 7.99. The van der Waals surface area contributed by atoms with Gasteiger partial charge in [0.25, 0.3) is 0 Å². The highest BCUT2D eigenvalue weighted by Crippen LogP contribution is 2.40. The number of benzene rings is 1. The third kappa shape index (κ3) is 8.10. The van der Waals surface area contributed by atoms with Crippen LogP contribution in [0.5, 0.6) is 0 Å². The fourth-order valence-electron chi connectivity index (χ4n) is 6.10. The Morgan fingerprint density at radius 3 is 2.47 bits per heavy atom. The number of alkyl halides is 4. The predicted octanol–water partition coefficient (Wildman–Crippen LogP) is 2.84. The zero-order valence-electron chi connectivity index (χ0n) is 24.1. The minimum Gasteiger partial charge on any atom is -0.392 e. The standard InChI is InChI=1S/C28H39F4N5O4S2/c1-43(40,41)36-11-7-25-23(18-36)27(33-37(25)17-22(39)16-35-10-6-21(38)15-35)19-2-3-24(28(30,31)32)26(14-19)42-13-12-34-8-4-20(29)5-9-34/h2-3,14,20-22,38-39H,4-13,15-18H2,1H3/t21-,22?/m0/s1. The normalized spacial score (nSPS) is 22.3. The van der Waals surface area contributed by atoms with E-state index in [1.54, 1.807) is 4.68 Å². The van der Waals surface area contributed by atoms with Crippen LogP contribution in [0.3, 0.4) is 0 Å².